The second-order valence-electron chi connectivity index (χ2n) is 7.13. The van der Waals surface area contributed by atoms with Crippen LogP contribution in [0.5, 0.6) is 0 Å². The van der Waals surface area contributed by atoms with Crippen molar-refractivity contribution in [3.63, 3.8) is 0 Å². The summed E-state index contributed by atoms with van der Waals surface area (Å²) in [6, 6.07) is 6.01. The first-order valence-corrected chi connectivity index (χ1v) is 8.85. The number of nitrogens with one attached hydrogen (secondary N) is 1. The fourth-order valence-corrected chi connectivity index (χ4v) is 4.30. The molecule has 0 saturated heterocycles. The maximum Gasteiger partial charge on any atom is 0.226 e. The van der Waals surface area contributed by atoms with Crippen molar-refractivity contribution in [3.05, 3.63) is 42.0 Å². The predicted octanol–water partition coefficient (Wildman–Crippen LogP) is 2.93. The molecule has 5 nitrogen and oxygen atoms in total. The molecule has 7 heteroatoms. The monoisotopic (exact) mass is 379 g/mol. The number of halogens is 2. The summed E-state index contributed by atoms with van der Waals surface area (Å²) in [7, 11) is 0. The molecule has 2 fully saturated rings. The molecule has 2 bridgehead atoms. The third-order valence-electron chi connectivity index (χ3n) is 5.61. The van der Waals surface area contributed by atoms with Crippen LogP contribution in [0.1, 0.15) is 25.0 Å². The van der Waals surface area contributed by atoms with Crippen LogP contribution in [-0.4, -0.2) is 23.5 Å². The largest absolute Gasteiger partial charge is 0.444 e. The number of nitrogens with zero attached hydrogens (tertiary/aromatic N) is 1. The Kier molecular flexibility index (Phi) is 5.63. The van der Waals surface area contributed by atoms with Crippen LogP contribution in [0.3, 0.4) is 0 Å². The lowest BCUT2D eigenvalue weighted by atomic mass is 9.84. The highest BCUT2D eigenvalue weighted by atomic mass is 35.5. The maximum absolute atomic E-state index is 13.0. The number of rotatable bonds is 5. The zero-order valence-electron chi connectivity index (χ0n) is 14.4. The van der Waals surface area contributed by atoms with Crippen LogP contribution in [0.25, 0.3) is 11.5 Å². The molecule has 1 aromatic heterocycles. The highest BCUT2D eigenvalue weighted by Gasteiger charge is 2.48. The summed E-state index contributed by atoms with van der Waals surface area (Å²) < 4.78 is 18.4. The number of nitrogens with two attached hydrogens (primary N) is 1. The minimum absolute atomic E-state index is 0. The van der Waals surface area contributed by atoms with Crippen molar-refractivity contribution in [2.24, 2.45) is 23.5 Å². The highest BCUT2D eigenvalue weighted by Crippen LogP contribution is 2.47. The van der Waals surface area contributed by atoms with Gasteiger partial charge >= 0.3 is 0 Å². The molecule has 2 aliphatic rings. The van der Waals surface area contributed by atoms with Gasteiger partial charge in [0.15, 0.2) is 0 Å². The average molecular weight is 380 g/mol. The normalized spacial score (nSPS) is 26.5. The van der Waals surface area contributed by atoms with Gasteiger partial charge in [-0.2, -0.15) is 0 Å². The molecule has 0 radical (unpaired) electrons. The third-order valence-corrected chi connectivity index (χ3v) is 5.61. The van der Waals surface area contributed by atoms with Crippen molar-refractivity contribution in [1.29, 1.82) is 0 Å². The summed E-state index contributed by atoms with van der Waals surface area (Å²) in [5.74, 6) is 1.17. The quantitative estimate of drug-likeness (QED) is 0.836. The molecular weight excluding hydrogens is 357 g/mol. The average Bonchev–Trinajstić information content (AvgIpc) is 3.31. The van der Waals surface area contributed by atoms with Gasteiger partial charge in [0.25, 0.3) is 0 Å². The summed E-state index contributed by atoms with van der Waals surface area (Å²) in [6.45, 7) is 0.509. The lowest BCUT2D eigenvalue weighted by Gasteiger charge is -2.26. The molecule has 4 rings (SSSR count). The lowest BCUT2D eigenvalue weighted by Crippen LogP contribution is -2.45. The van der Waals surface area contributed by atoms with Gasteiger partial charge in [0.1, 0.15) is 12.1 Å². The minimum Gasteiger partial charge on any atom is -0.444 e. The van der Waals surface area contributed by atoms with Crippen molar-refractivity contribution in [2.45, 2.75) is 31.7 Å². The number of hydrogen-bond donors (Lipinski definition) is 2. The standard InChI is InChI=1S/C19H22FN3O2.ClH/c20-14-5-3-11(4-6-14)19-23-15(10-25-19)7-8-22-18(24)16-12-1-2-13(9-12)17(16)21;/h3-6,10,12-13,16-17H,1-2,7-9,21H2,(H,22,24);1H. The molecule has 1 heterocycles. The van der Waals surface area contributed by atoms with Gasteiger partial charge in [-0.1, -0.05) is 0 Å². The van der Waals surface area contributed by atoms with Crippen LogP contribution >= 0.6 is 12.4 Å². The van der Waals surface area contributed by atoms with Gasteiger partial charge in [0.2, 0.25) is 11.8 Å². The Balaban J connectivity index is 0.00000196. The molecule has 3 N–H and O–H groups in total. The van der Waals surface area contributed by atoms with Crippen molar-refractivity contribution in [2.75, 3.05) is 6.54 Å². The van der Waals surface area contributed by atoms with Gasteiger partial charge in [0, 0.05) is 24.6 Å². The number of amides is 1. The first-order valence-electron chi connectivity index (χ1n) is 8.85. The van der Waals surface area contributed by atoms with E-state index in [0.717, 1.165) is 24.1 Å². The van der Waals surface area contributed by atoms with E-state index in [2.05, 4.69) is 10.3 Å². The number of oxazole rings is 1. The summed E-state index contributed by atoms with van der Waals surface area (Å²) >= 11 is 0. The van der Waals surface area contributed by atoms with Crippen molar-refractivity contribution in [3.8, 4) is 11.5 Å². The number of benzene rings is 1. The Morgan fingerprint density at radius 1 is 1.27 bits per heavy atom. The lowest BCUT2D eigenvalue weighted by molar-refractivity contribution is -0.127. The maximum atomic E-state index is 13.0. The van der Waals surface area contributed by atoms with Crippen LogP contribution in [0.4, 0.5) is 4.39 Å². The van der Waals surface area contributed by atoms with E-state index in [0.29, 0.717) is 30.7 Å². The molecule has 1 amide bonds. The fourth-order valence-electron chi connectivity index (χ4n) is 4.30. The number of carbonyl (C=O) groups is 1. The number of fused-ring (bicyclic) bond motifs is 2. The van der Waals surface area contributed by atoms with Gasteiger partial charge in [-0.3, -0.25) is 4.79 Å². The summed E-state index contributed by atoms with van der Waals surface area (Å²) in [5, 5.41) is 2.99. The van der Waals surface area contributed by atoms with Crippen LogP contribution in [0.2, 0.25) is 0 Å². The first-order chi connectivity index (χ1) is 12.1. The van der Waals surface area contributed by atoms with E-state index < -0.39 is 0 Å². The Morgan fingerprint density at radius 3 is 2.69 bits per heavy atom. The van der Waals surface area contributed by atoms with E-state index in [9.17, 15) is 9.18 Å². The van der Waals surface area contributed by atoms with E-state index >= 15 is 0 Å². The summed E-state index contributed by atoms with van der Waals surface area (Å²) in [4.78, 5) is 16.8. The molecule has 140 valence electrons. The summed E-state index contributed by atoms with van der Waals surface area (Å²) in [6.07, 6.45) is 5.56. The minimum atomic E-state index is -0.294. The molecule has 0 spiro atoms. The second-order valence-corrected chi connectivity index (χ2v) is 7.13. The van der Waals surface area contributed by atoms with E-state index in [1.807, 2.05) is 0 Å². The third kappa shape index (κ3) is 3.62. The van der Waals surface area contributed by atoms with Gasteiger partial charge in [-0.05, 0) is 55.4 Å². The predicted molar refractivity (Wildman–Crippen MR) is 98.2 cm³/mol. The van der Waals surface area contributed by atoms with Crippen LogP contribution in [0.15, 0.2) is 34.9 Å². The van der Waals surface area contributed by atoms with Gasteiger partial charge in [0.05, 0.1) is 11.6 Å². The zero-order valence-corrected chi connectivity index (χ0v) is 15.2. The van der Waals surface area contributed by atoms with Gasteiger partial charge in [-0.15, -0.1) is 12.4 Å². The van der Waals surface area contributed by atoms with Crippen molar-refractivity contribution < 1.29 is 13.6 Å². The molecule has 4 atom stereocenters. The number of aromatic nitrogens is 1. The Hall–Kier alpha value is -1.92. The van der Waals surface area contributed by atoms with E-state index in [1.165, 1.54) is 18.6 Å². The fraction of sp³-hybridized carbons (Fsp3) is 0.474. The topological polar surface area (TPSA) is 81.2 Å². The first kappa shape index (κ1) is 18.9. The van der Waals surface area contributed by atoms with Crippen LogP contribution in [-0.2, 0) is 11.2 Å². The molecule has 2 aromatic rings. The van der Waals surface area contributed by atoms with E-state index in [4.69, 9.17) is 10.2 Å². The van der Waals surface area contributed by atoms with Crippen molar-refractivity contribution >= 4 is 18.3 Å². The molecule has 26 heavy (non-hydrogen) atoms. The van der Waals surface area contributed by atoms with Crippen LogP contribution < -0.4 is 11.1 Å². The van der Waals surface area contributed by atoms with Crippen molar-refractivity contribution in [1.82, 2.24) is 10.3 Å². The Bertz CT molecular complexity index is 762. The Labute approximate surface area is 158 Å². The zero-order chi connectivity index (χ0) is 17.4. The number of carbonyl (C=O) groups excluding carboxylic acids is 1. The van der Waals surface area contributed by atoms with Crippen LogP contribution in [0, 0.1) is 23.6 Å². The van der Waals surface area contributed by atoms with E-state index in [1.54, 1.807) is 18.4 Å². The van der Waals surface area contributed by atoms with Gasteiger partial charge < -0.3 is 15.5 Å². The highest BCUT2D eigenvalue weighted by molar-refractivity contribution is 5.85. The molecular formula is C19H23ClFN3O2. The summed E-state index contributed by atoms with van der Waals surface area (Å²) in [5.41, 5.74) is 7.70. The molecule has 2 aliphatic carbocycles. The molecule has 4 unspecified atom stereocenters. The Morgan fingerprint density at radius 2 is 2.00 bits per heavy atom. The number of hydrogen-bond acceptors (Lipinski definition) is 4. The smallest absolute Gasteiger partial charge is 0.226 e. The van der Waals surface area contributed by atoms with Gasteiger partial charge in [-0.25, -0.2) is 9.37 Å². The molecule has 1 aromatic carbocycles. The SMILES string of the molecule is Cl.NC1C2CCC(C2)C1C(=O)NCCc1coc(-c2ccc(F)cc2)n1. The molecule has 0 aliphatic heterocycles. The van der Waals surface area contributed by atoms with E-state index in [-0.39, 0.29) is 36.1 Å². The second kappa shape index (κ2) is 7.76. The molecule has 2 saturated carbocycles.